The van der Waals surface area contributed by atoms with Crippen molar-refractivity contribution < 1.29 is 14.7 Å². The molecule has 1 N–H and O–H groups in total. The lowest BCUT2D eigenvalue weighted by Gasteiger charge is -2.32. The molecule has 2 rings (SSSR count). The molecule has 5 nitrogen and oxygen atoms in total. The molecule has 2 saturated heterocycles. The van der Waals surface area contributed by atoms with Crippen LogP contribution in [-0.2, 0) is 9.59 Å². The highest BCUT2D eigenvalue weighted by atomic mass is 16.3. The molecule has 0 saturated carbocycles. The molecule has 19 heavy (non-hydrogen) atoms. The van der Waals surface area contributed by atoms with Gasteiger partial charge in [-0.2, -0.15) is 0 Å². The number of amides is 2. The minimum absolute atomic E-state index is 0.00616. The van der Waals surface area contributed by atoms with Crippen LogP contribution >= 0.6 is 0 Å². The number of hydrogen-bond acceptors (Lipinski definition) is 3. The molecule has 2 heterocycles. The van der Waals surface area contributed by atoms with Crippen molar-refractivity contribution in [3.8, 4) is 0 Å². The van der Waals surface area contributed by atoms with Crippen LogP contribution in [0, 0.1) is 5.41 Å². The van der Waals surface area contributed by atoms with Gasteiger partial charge in [0, 0.05) is 25.0 Å². The van der Waals surface area contributed by atoms with Crippen LogP contribution in [0.3, 0.4) is 0 Å². The Labute approximate surface area is 114 Å². The molecule has 0 radical (unpaired) electrons. The van der Waals surface area contributed by atoms with Crippen LogP contribution < -0.4 is 0 Å². The third-order valence-electron chi connectivity index (χ3n) is 3.92. The number of aliphatic hydroxyl groups excluding tert-OH is 1. The minimum Gasteiger partial charge on any atom is -0.391 e. The maximum Gasteiger partial charge on any atom is 0.245 e. The molecule has 0 spiro atoms. The van der Waals surface area contributed by atoms with Gasteiger partial charge in [-0.1, -0.05) is 20.8 Å². The molecule has 2 aliphatic rings. The summed E-state index contributed by atoms with van der Waals surface area (Å²) in [5, 5.41) is 9.52. The van der Waals surface area contributed by atoms with Crippen molar-refractivity contribution in [2.24, 2.45) is 5.41 Å². The van der Waals surface area contributed by atoms with E-state index in [9.17, 15) is 14.7 Å². The van der Waals surface area contributed by atoms with E-state index in [4.69, 9.17) is 0 Å². The van der Waals surface area contributed by atoms with Crippen LogP contribution in [0.2, 0.25) is 0 Å². The van der Waals surface area contributed by atoms with E-state index in [0.717, 1.165) is 12.8 Å². The van der Waals surface area contributed by atoms with Gasteiger partial charge in [0.05, 0.1) is 6.10 Å². The van der Waals surface area contributed by atoms with Crippen molar-refractivity contribution in [1.29, 1.82) is 0 Å². The number of carbonyl (C=O) groups excluding carboxylic acids is 2. The quantitative estimate of drug-likeness (QED) is 0.758. The molecule has 0 aliphatic carbocycles. The average Bonchev–Trinajstić information content (AvgIpc) is 2.94. The predicted octanol–water partition coefficient (Wildman–Crippen LogP) is 0.617. The fourth-order valence-electron chi connectivity index (χ4n) is 2.85. The van der Waals surface area contributed by atoms with Crippen LogP contribution in [0.15, 0.2) is 0 Å². The van der Waals surface area contributed by atoms with Crippen LogP contribution in [0.5, 0.6) is 0 Å². The zero-order valence-electron chi connectivity index (χ0n) is 12.1. The van der Waals surface area contributed by atoms with Gasteiger partial charge < -0.3 is 14.9 Å². The highest BCUT2D eigenvalue weighted by Crippen LogP contribution is 2.27. The van der Waals surface area contributed by atoms with Gasteiger partial charge in [-0.25, -0.2) is 0 Å². The third-order valence-corrected chi connectivity index (χ3v) is 3.92. The van der Waals surface area contributed by atoms with E-state index in [1.165, 1.54) is 0 Å². The van der Waals surface area contributed by atoms with Gasteiger partial charge in [0.1, 0.15) is 6.04 Å². The SMILES string of the molecule is CC(C)(C)C(=O)N1CCCC1C(=O)N1CC[C@H](O)C1. The van der Waals surface area contributed by atoms with Crippen LogP contribution in [-0.4, -0.2) is 58.5 Å². The molecule has 2 fully saturated rings. The standard InChI is InChI=1S/C14H24N2O3/c1-14(2,3)13(19)16-7-4-5-11(16)12(18)15-8-6-10(17)9-15/h10-11,17H,4-9H2,1-3H3/t10-,11?/m0/s1. The summed E-state index contributed by atoms with van der Waals surface area (Å²) in [7, 11) is 0. The molecule has 0 aromatic heterocycles. The summed E-state index contributed by atoms with van der Waals surface area (Å²) in [5.74, 6) is 0.0507. The van der Waals surface area contributed by atoms with Crippen molar-refractivity contribution in [1.82, 2.24) is 9.80 Å². The molecule has 1 unspecified atom stereocenters. The Morgan fingerprint density at radius 2 is 1.84 bits per heavy atom. The summed E-state index contributed by atoms with van der Waals surface area (Å²) in [4.78, 5) is 28.2. The highest BCUT2D eigenvalue weighted by Gasteiger charge is 2.41. The topological polar surface area (TPSA) is 60.9 Å². The molecule has 0 aromatic carbocycles. The van der Waals surface area contributed by atoms with Gasteiger partial charge in [-0.15, -0.1) is 0 Å². The Bertz CT molecular complexity index is 375. The summed E-state index contributed by atoms with van der Waals surface area (Å²) in [5.41, 5.74) is -0.451. The number of β-amino-alcohol motifs (C(OH)–C–C–N with tert-alkyl or cyclic N) is 1. The van der Waals surface area contributed by atoms with Crippen molar-refractivity contribution in [2.75, 3.05) is 19.6 Å². The van der Waals surface area contributed by atoms with E-state index in [2.05, 4.69) is 0 Å². The number of aliphatic hydroxyl groups is 1. The Hall–Kier alpha value is -1.10. The summed E-state index contributed by atoms with van der Waals surface area (Å²) in [6.07, 6.45) is 1.87. The number of hydrogen-bond donors (Lipinski definition) is 1. The maximum absolute atomic E-state index is 12.5. The molecule has 0 aromatic rings. The summed E-state index contributed by atoms with van der Waals surface area (Å²) < 4.78 is 0. The number of carbonyl (C=O) groups is 2. The van der Waals surface area contributed by atoms with Crippen molar-refractivity contribution in [3.63, 3.8) is 0 Å². The molecule has 5 heteroatoms. The molecule has 2 aliphatic heterocycles. The first-order chi connectivity index (χ1) is 8.80. The molecule has 2 atom stereocenters. The van der Waals surface area contributed by atoms with E-state index < -0.39 is 11.5 Å². The first-order valence-corrected chi connectivity index (χ1v) is 7.08. The van der Waals surface area contributed by atoms with Gasteiger partial charge >= 0.3 is 0 Å². The lowest BCUT2D eigenvalue weighted by atomic mass is 9.94. The average molecular weight is 268 g/mol. The fraction of sp³-hybridized carbons (Fsp3) is 0.857. The second-order valence-electron chi connectivity index (χ2n) is 6.63. The largest absolute Gasteiger partial charge is 0.391 e. The van der Waals surface area contributed by atoms with E-state index in [0.29, 0.717) is 26.1 Å². The van der Waals surface area contributed by atoms with Gasteiger partial charge in [0.25, 0.3) is 0 Å². The Kier molecular flexibility index (Phi) is 3.85. The highest BCUT2D eigenvalue weighted by molar-refractivity contribution is 5.90. The second kappa shape index (κ2) is 5.12. The van der Waals surface area contributed by atoms with E-state index in [1.54, 1.807) is 9.80 Å². The molecular weight excluding hydrogens is 244 g/mol. The summed E-state index contributed by atoms with van der Waals surface area (Å²) in [6.45, 7) is 7.34. The smallest absolute Gasteiger partial charge is 0.245 e. The number of rotatable bonds is 1. The zero-order chi connectivity index (χ0) is 14.2. The first-order valence-electron chi connectivity index (χ1n) is 7.08. The van der Waals surface area contributed by atoms with E-state index in [1.807, 2.05) is 20.8 Å². The molecule has 2 amide bonds. The third kappa shape index (κ3) is 2.91. The first kappa shape index (κ1) is 14.3. The predicted molar refractivity (Wildman–Crippen MR) is 71.4 cm³/mol. The molecule has 0 bridgehead atoms. The lowest BCUT2D eigenvalue weighted by molar-refractivity contribution is -0.148. The minimum atomic E-state index is -0.451. The maximum atomic E-state index is 12.5. The van der Waals surface area contributed by atoms with Crippen LogP contribution in [0.1, 0.15) is 40.0 Å². The lowest BCUT2D eigenvalue weighted by Crippen LogP contribution is -2.50. The van der Waals surface area contributed by atoms with Crippen LogP contribution in [0.4, 0.5) is 0 Å². The normalized spacial score (nSPS) is 28.0. The van der Waals surface area contributed by atoms with Gasteiger partial charge in [0.15, 0.2) is 0 Å². The van der Waals surface area contributed by atoms with E-state index in [-0.39, 0.29) is 17.9 Å². The Balaban J connectivity index is 2.06. The van der Waals surface area contributed by atoms with E-state index >= 15 is 0 Å². The van der Waals surface area contributed by atoms with Gasteiger partial charge in [-0.05, 0) is 19.3 Å². The van der Waals surface area contributed by atoms with Gasteiger partial charge in [-0.3, -0.25) is 9.59 Å². The summed E-state index contributed by atoms with van der Waals surface area (Å²) in [6, 6.07) is -0.322. The van der Waals surface area contributed by atoms with Crippen molar-refractivity contribution in [2.45, 2.75) is 52.2 Å². The number of nitrogens with zero attached hydrogens (tertiary/aromatic N) is 2. The number of likely N-dealkylation sites (tertiary alicyclic amines) is 2. The second-order valence-corrected chi connectivity index (χ2v) is 6.63. The molecule has 108 valence electrons. The van der Waals surface area contributed by atoms with Crippen LogP contribution in [0.25, 0.3) is 0 Å². The molecular formula is C14H24N2O3. The zero-order valence-corrected chi connectivity index (χ0v) is 12.1. The van der Waals surface area contributed by atoms with Crippen molar-refractivity contribution >= 4 is 11.8 Å². The van der Waals surface area contributed by atoms with Crippen molar-refractivity contribution in [3.05, 3.63) is 0 Å². The monoisotopic (exact) mass is 268 g/mol. The Morgan fingerprint density at radius 1 is 1.16 bits per heavy atom. The fourth-order valence-corrected chi connectivity index (χ4v) is 2.85. The Morgan fingerprint density at radius 3 is 2.37 bits per heavy atom. The van der Waals surface area contributed by atoms with Gasteiger partial charge in [0.2, 0.25) is 11.8 Å². The summed E-state index contributed by atoms with van der Waals surface area (Å²) >= 11 is 0.